The molecule has 0 saturated carbocycles. The van der Waals surface area contributed by atoms with Gasteiger partial charge in [0.2, 0.25) is 0 Å². The Morgan fingerprint density at radius 2 is 2.03 bits per heavy atom. The van der Waals surface area contributed by atoms with Crippen LogP contribution in [-0.4, -0.2) is 44.7 Å². The molecule has 5 rings (SSSR count). The van der Waals surface area contributed by atoms with Gasteiger partial charge in [-0.1, -0.05) is 12.0 Å². The summed E-state index contributed by atoms with van der Waals surface area (Å²) >= 11 is 0. The molecule has 6 nitrogen and oxygen atoms in total. The predicted molar refractivity (Wildman–Crippen MR) is 113 cm³/mol. The van der Waals surface area contributed by atoms with Crippen LogP contribution < -0.4 is 0 Å². The van der Waals surface area contributed by atoms with Crippen LogP contribution >= 0.6 is 0 Å². The molecule has 1 aromatic carbocycles. The lowest BCUT2D eigenvalue weighted by Crippen LogP contribution is -2.49. The van der Waals surface area contributed by atoms with Crippen LogP contribution in [-0.2, 0) is 16.9 Å². The normalized spacial score (nSPS) is 19.8. The highest BCUT2D eigenvalue weighted by molar-refractivity contribution is 6.07. The van der Waals surface area contributed by atoms with Crippen molar-refractivity contribution in [2.75, 3.05) is 13.1 Å². The molecule has 0 aliphatic carbocycles. The number of carbonyl (C=O) groups excluding carboxylic acids is 2. The Hall–Kier alpha value is -3.73. The van der Waals surface area contributed by atoms with E-state index in [1.807, 2.05) is 0 Å². The Morgan fingerprint density at radius 1 is 1.22 bits per heavy atom. The molecular formula is C24H20F2N4O2. The number of benzene rings is 1. The van der Waals surface area contributed by atoms with Crippen molar-refractivity contribution in [3.8, 4) is 11.8 Å². The van der Waals surface area contributed by atoms with E-state index in [2.05, 4.69) is 21.8 Å². The van der Waals surface area contributed by atoms with E-state index in [1.165, 1.54) is 29.2 Å². The Morgan fingerprint density at radius 3 is 2.81 bits per heavy atom. The van der Waals surface area contributed by atoms with Gasteiger partial charge in [0.25, 0.3) is 11.8 Å². The van der Waals surface area contributed by atoms with Crippen LogP contribution in [0.1, 0.15) is 40.7 Å². The molecular weight excluding hydrogens is 414 g/mol. The molecule has 1 spiro atoms. The minimum absolute atomic E-state index is 0.0746. The molecule has 0 bridgehead atoms. The standard InChI is InChI=1S/C24H20F2N4O2/c1-3-4-8-29-9-7-24(23(29)32)18-6-5-15(25)10-17(18)22(31)30(24)13-16-11-20-21(28-16)12-19(26)14(2)27-20/h5-6,10-12,28H,7-9,13H2,1-2H3/t24-/m0/s1. The van der Waals surface area contributed by atoms with Crippen molar-refractivity contribution >= 4 is 22.8 Å². The minimum atomic E-state index is -1.22. The smallest absolute Gasteiger partial charge is 0.255 e. The van der Waals surface area contributed by atoms with Gasteiger partial charge in [-0.25, -0.2) is 13.8 Å². The summed E-state index contributed by atoms with van der Waals surface area (Å²) in [6, 6.07) is 7.09. The number of amides is 2. The number of hydrogen-bond acceptors (Lipinski definition) is 3. The number of nitrogens with one attached hydrogen (secondary N) is 1. The summed E-state index contributed by atoms with van der Waals surface area (Å²) in [7, 11) is 0. The second-order valence-corrected chi connectivity index (χ2v) is 8.13. The van der Waals surface area contributed by atoms with E-state index in [9.17, 15) is 18.4 Å². The number of nitrogens with zero attached hydrogens (tertiary/aromatic N) is 3. The van der Waals surface area contributed by atoms with Gasteiger partial charge >= 0.3 is 0 Å². The number of rotatable bonds is 3. The molecule has 1 fully saturated rings. The first-order chi connectivity index (χ1) is 15.3. The zero-order valence-electron chi connectivity index (χ0n) is 17.6. The van der Waals surface area contributed by atoms with Crippen LogP contribution in [0.2, 0.25) is 0 Å². The third-order valence-electron chi connectivity index (χ3n) is 6.31. The summed E-state index contributed by atoms with van der Waals surface area (Å²) in [5.41, 5.74) is 1.44. The highest BCUT2D eigenvalue weighted by Crippen LogP contribution is 2.47. The van der Waals surface area contributed by atoms with Crippen molar-refractivity contribution in [3.05, 3.63) is 64.5 Å². The Labute approximate surface area is 183 Å². The van der Waals surface area contributed by atoms with Crippen LogP contribution in [0.25, 0.3) is 11.0 Å². The number of aromatic nitrogens is 2. The van der Waals surface area contributed by atoms with Gasteiger partial charge in [-0.3, -0.25) is 9.59 Å². The Kier molecular flexibility index (Phi) is 4.52. The Balaban J connectivity index is 1.59. The molecule has 0 radical (unpaired) electrons. The quantitative estimate of drug-likeness (QED) is 0.644. The van der Waals surface area contributed by atoms with Crippen LogP contribution in [0.3, 0.4) is 0 Å². The van der Waals surface area contributed by atoms with Gasteiger partial charge in [0.15, 0.2) is 5.54 Å². The molecule has 2 aromatic heterocycles. The van der Waals surface area contributed by atoms with Crippen LogP contribution in [0, 0.1) is 30.4 Å². The highest BCUT2D eigenvalue weighted by atomic mass is 19.1. The van der Waals surface area contributed by atoms with E-state index in [1.54, 1.807) is 24.8 Å². The van der Waals surface area contributed by atoms with Crippen molar-refractivity contribution in [1.82, 2.24) is 19.8 Å². The van der Waals surface area contributed by atoms with E-state index in [0.29, 0.717) is 35.3 Å². The van der Waals surface area contributed by atoms with Gasteiger partial charge in [-0.2, -0.15) is 0 Å². The number of hydrogen-bond donors (Lipinski definition) is 1. The second kappa shape index (κ2) is 7.16. The average Bonchev–Trinajstić information content (AvgIpc) is 3.37. The average molecular weight is 434 g/mol. The predicted octanol–water partition coefficient (Wildman–Crippen LogP) is 3.26. The molecule has 2 amide bonds. The molecule has 8 heteroatoms. The lowest BCUT2D eigenvalue weighted by atomic mass is 9.87. The van der Waals surface area contributed by atoms with Gasteiger partial charge in [0, 0.05) is 35.9 Å². The van der Waals surface area contributed by atoms with E-state index in [-0.39, 0.29) is 30.3 Å². The summed E-state index contributed by atoms with van der Waals surface area (Å²) in [6.07, 6.45) is 0.383. The van der Waals surface area contributed by atoms with Crippen molar-refractivity contribution < 1.29 is 18.4 Å². The SMILES string of the molecule is CC#CCN1CC[C@@]2(C1=O)c1ccc(F)cc1C(=O)N2Cc1cc2nc(C)c(F)cc2[nH]1. The Bertz CT molecular complexity index is 1310. The number of carbonyl (C=O) groups is 2. The molecule has 162 valence electrons. The first-order valence-electron chi connectivity index (χ1n) is 10.3. The monoisotopic (exact) mass is 434 g/mol. The van der Waals surface area contributed by atoms with Crippen LogP contribution in [0.4, 0.5) is 8.78 Å². The van der Waals surface area contributed by atoms with Crippen molar-refractivity contribution in [1.29, 1.82) is 0 Å². The number of halogens is 2. The lowest BCUT2D eigenvalue weighted by molar-refractivity contribution is -0.136. The highest BCUT2D eigenvalue weighted by Gasteiger charge is 2.59. The molecule has 1 saturated heterocycles. The third kappa shape index (κ3) is 2.81. The summed E-state index contributed by atoms with van der Waals surface area (Å²) in [6.45, 7) is 4.06. The van der Waals surface area contributed by atoms with Gasteiger partial charge in [-0.15, -0.1) is 5.92 Å². The molecule has 0 unspecified atom stereocenters. The topological polar surface area (TPSA) is 69.3 Å². The first-order valence-corrected chi connectivity index (χ1v) is 10.3. The zero-order valence-corrected chi connectivity index (χ0v) is 17.6. The van der Waals surface area contributed by atoms with Crippen LogP contribution in [0.15, 0.2) is 30.3 Å². The fourth-order valence-electron chi connectivity index (χ4n) is 4.76. The summed E-state index contributed by atoms with van der Waals surface area (Å²) < 4.78 is 27.9. The van der Waals surface area contributed by atoms with Crippen molar-refractivity contribution in [3.63, 3.8) is 0 Å². The number of H-pyrrole nitrogens is 1. The first kappa shape index (κ1) is 20.2. The lowest BCUT2D eigenvalue weighted by Gasteiger charge is -2.34. The number of fused-ring (bicyclic) bond motifs is 3. The largest absolute Gasteiger partial charge is 0.356 e. The maximum atomic E-state index is 14.0. The fraction of sp³-hybridized carbons (Fsp3) is 0.292. The molecule has 32 heavy (non-hydrogen) atoms. The third-order valence-corrected chi connectivity index (χ3v) is 6.31. The summed E-state index contributed by atoms with van der Waals surface area (Å²) in [5.74, 6) is 4.09. The maximum absolute atomic E-state index is 14.0. The van der Waals surface area contributed by atoms with E-state index in [0.717, 1.165) is 0 Å². The number of pyridine rings is 1. The van der Waals surface area contributed by atoms with E-state index >= 15 is 0 Å². The molecule has 4 heterocycles. The fourth-order valence-corrected chi connectivity index (χ4v) is 4.76. The van der Waals surface area contributed by atoms with Crippen molar-refractivity contribution in [2.45, 2.75) is 32.4 Å². The van der Waals surface area contributed by atoms with Crippen LogP contribution in [0.5, 0.6) is 0 Å². The van der Waals surface area contributed by atoms with Gasteiger partial charge in [0.1, 0.15) is 11.6 Å². The molecule has 2 aliphatic rings. The number of aryl methyl sites for hydroxylation is 1. The van der Waals surface area contributed by atoms with E-state index in [4.69, 9.17) is 0 Å². The summed E-state index contributed by atoms with van der Waals surface area (Å²) in [4.78, 5) is 37.4. The number of aromatic amines is 1. The zero-order chi connectivity index (χ0) is 22.6. The minimum Gasteiger partial charge on any atom is -0.356 e. The molecule has 1 atom stereocenters. The number of likely N-dealkylation sites (tertiary alicyclic amines) is 1. The van der Waals surface area contributed by atoms with Gasteiger partial charge in [-0.05, 0) is 32.0 Å². The van der Waals surface area contributed by atoms with Crippen molar-refractivity contribution in [2.24, 2.45) is 0 Å². The van der Waals surface area contributed by atoms with Gasteiger partial charge in [0.05, 0.1) is 29.8 Å². The summed E-state index contributed by atoms with van der Waals surface area (Å²) in [5, 5.41) is 0. The maximum Gasteiger partial charge on any atom is 0.255 e. The molecule has 3 aromatic rings. The van der Waals surface area contributed by atoms with E-state index < -0.39 is 23.1 Å². The molecule has 1 N–H and O–H groups in total. The molecule has 2 aliphatic heterocycles. The second-order valence-electron chi connectivity index (χ2n) is 8.13. The van der Waals surface area contributed by atoms with Gasteiger partial charge < -0.3 is 14.8 Å².